The Hall–Kier alpha value is -1.44. The van der Waals surface area contributed by atoms with Crippen LogP contribution in [-0.4, -0.2) is 10.8 Å². The van der Waals surface area contributed by atoms with Gasteiger partial charge in [-0.15, -0.1) is 0 Å². The van der Waals surface area contributed by atoms with Gasteiger partial charge in [-0.05, 0) is 62.2 Å². The van der Waals surface area contributed by atoms with E-state index in [2.05, 4.69) is 37.2 Å². The lowest BCUT2D eigenvalue weighted by atomic mass is 10.2. The number of benzene rings is 2. The quantitative estimate of drug-likeness (QED) is 0.544. The number of nitrogens with zero attached hydrogens (tertiary/aromatic N) is 1. The van der Waals surface area contributed by atoms with Gasteiger partial charge in [-0.2, -0.15) is 0 Å². The molecule has 0 heterocycles. The number of amides is 1. The predicted molar refractivity (Wildman–Crippen MR) is 87.9 cm³/mol. The number of nitro groups is 1. The Morgan fingerprint density at radius 1 is 1.14 bits per heavy atom. The number of carbonyl (C=O) groups is 1. The maximum atomic E-state index is 12.1. The van der Waals surface area contributed by atoms with Crippen molar-refractivity contribution in [1.29, 1.82) is 0 Å². The molecule has 0 aromatic heterocycles. The van der Waals surface area contributed by atoms with Crippen molar-refractivity contribution in [3.05, 3.63) is 66.0 Å². The molecule has 0 unspecified atom stereocenters. The van der Waals surface area contributed by atoms with Crippen LogP contribution in [0.5, 0.6) is 0 Å². The minimum atomic E-state index is -0.556. The highest BCUT2D eigenvalue weighted by Gasteiger charge is 2.16. The van der Waals surface area contributed by atoms with Gasteiger partial charge < -0.3 is 5.32 Å². The van der Waals surface area contributed by atoms with E-state index in [-0.39, 0.29) is 11.3 Å². The summed E-state index contributed by atoms with van der Waals surface area (Å²) in [5, 5.41) is 14.0. The minimum absolute atomic E-state index is 0.167. The van der Waals surface area contributed by atoms with Crippen LogP contribution >= 0.6 is 43.5 Å². The van der Waals surface area contributed by atoms with Crippen molar-refractivity contribution in [3.8, 4) is 0 Å². The van der Waals surface area contributed by atoms with Crippen molar-refractivity contribution >= 4 is 60.7 Å². The summed E-state index contributed by atoms with van der Waals surface area (Å²) in [6.07, 6.45) is 0. The number of anilines is 1. The van der Waals surface area contributed by atoms with Crippen LogP contribution in [-0.2, 0) is 0 Å². The zero-order valence-electron chi connectivity index (χ0n) is 10.3. The topological polar surface area (TPSA) is 72.2 Å². The van der Waals surface area contributed by atoms with E-state index in [0.29, 0.717) is 19.7 Å². The molecule has 0 atom stereocenters. The molecule has 0 saturated carbocycles. The normalized spacial score (nSPS) is 10.2. The van der Waals surface area contributed by atoms with Crippen molar-refractivity contribution < 1.29 is 9.72 Å². The fourth-order valence-electron chi connectivity index (χ4n) is 1.57. The second kappa shape index (κ2) is 6.55. The van der Waals surface area contributed by atoms with E-state index in [1.807, 2.05) is 0 Å². The summed E-state index contributed by atoms with van der Waals surface area (Å²) in [6.45, 7) is 0. The first-order valence-electron chi connectivity index (χ1n) is 5.59. The third-order valence-electron chi connectivity index (χ3n) is 2.58. The van der Waals surface area contributed by atoms with E-state index in [0.717, 1.165) is 0 Å². The van der Waals surface area contributed by atoms with Gasteiger partial charge >= 0.3 is 0 Å². The number of nitrogens with one attached hydrogen (secondary N) is 1. The number of nitro benzene ring substituents is 1. The second-order valence-corrected chi connectivity index (χ2v) is 6.12. The number of rotatable bonds is 3. The third-order valence-corrected chi connectivity index (χ3v) is 4.47. The Labute approximate surface area is 141 Å². The lowest BCUT2D eigenvalue weighted by Crippen LogP contribution is -2.12. The fraction of sp³-hybridized carbons (Fsp3) is 0. The van der Waals surface area contributed by atoms with Crippen LogP contribution in [0.2, 0.25) is 5.02 Å². The summed E-state index contributed by atoms with van der Waals surface area (Å²) in [7, 11) is 0. The van der Waals surface area contributed by atoms with Crippen molar-refractivity contribution in [2.75, 3.05) is 5.32 Å². The van der Waals surface area contributed by atoms with E-state index < -0.39 is 10.8 Å². The first-order chi connectivity index (χ1) is 9.88. The lowest BCUT2D eigenvalue weighted by Gasteiger charge is -2.07. The average Bonchev–Trinajstić information content (AvgIpc) is 2.43. The van der Waals surface area contributed by atoms with E-state index in [1.165, 1.54) is 18.2 Å². The Bertz CT molecular complexity index is 737. The average molecular weight is 434 g/mol. The first kappa shape index (κ1) is 15.9. The summed E-state index contributed by atoms with van der Waals surface area (Å²) >= 11 is 12.2. The van der Waals surface area contributed by atoms with E-state index >= 15 is 0 Å². The van der Waals surface area contributed by atoms with Crippen molar-refractivity contribution in [1.82, 2.24) is 0 Å². The smallest absolute Gasteiger partial charge is 0.284 e. The summed E-state index contributed by atoms with van der Waals surface area (Å²) in [5.74, 6) is -0.445. The Kier molecular flexibility index (Phi) is 4.97. The molecule has 0 radical (unpaired) electrons. The largest absolute Gasteiger partial charge is 0.322 e. The van der Waals surface area contributed by atoms with Gasteiger partial charge in [0.15, 0.2) is 0 Å². The molecule has 1 amide bonds. The van der Waals surface area contributed by atoms with Gasteiger partial charge in [0.25, 0.3) is 11.6 Å². The van der Waals surface area contributed by atoms with Crippen LogP contribution in [0, 0.1) is 10.1 Å². The Morgan fingerprint density at radius 3 is 2.48 bits per heavy atom. The minimum Gasteiger partial charge on any atom is -0.322 e. The van der Waals surface area contributed by atoms with Crippen LogP contribution < -0.4 is 5.32 Å². The number of halogens is 3. The van der Waals surface area contributed by atoms with Gasteiger partial charge in [-0.3, -0.25) is 14.9 Å². The first-order valence-corrected chi connectivity index (χ1v) is 7.55. The molecule has 0 aliphatic carbocycles. The Balaban J connectivity index is 2.26. The molecule has 0 spiro atoms. The van der Waals surface area contributed by atoms with E-state index in [1.54, 1.807) is 18.2 Å². The SMILES string of the molecule is O=C(Nc1ccc(Cl)c(Br)c1)c1ccc(Br)c([N+](=O)[O-])c1. The van der Waals surface area contributed by atoms with Crippen LogP contribution in [0.4, 0.5) is 11.4 Å². The molecule has 108 valence electrons. The maximum absolute atomic E-state index is 12.1. The van der Waals surface area contributed by atoms with Crippen molar-refractivity contribution in [2.45, 2.75) is 0 Å². The van der Waals surface area contributed by atoms with Crippen LogP contribution in [0.3, 0.4) is 0 Å². The van der Waals surface area contributed by atoms with Gasteiger partial charge in [0.1, 0.15) is 0 Å². The number of hydrogen-bond acceptors (Lipinski definition) is 3. The molecular weight excluding hydrogens is 427 g/mol. The molecule has 0 aliphatic rings. The summed E-state index contributed by atoms with van der Waals surface area (Å²) in [4.78, 5) is 22.4. The fourth-order valence-corrected chi connectivity index (χ4v) is 2.46. The van der Waals surface area contributed by atoms with Gasteiger partial charge in [0.2, 0.25) is 0 Å². The highest BCUT2D eigenvalue weighted by atomic mass is 79.9. The second-order valence-electron chi connectivity index (χ2n) is 4.01. The molecule has 0 bridgehead atoms. The van der Waals surface area contributed by atoms with Crippen LogP contribution in [0.25, 0.3) is 0 Å². The highest BCUT2D eigenvalue weighted by molar-refractivity contribution is 9.11. The van der Waals surface area contributed by atoms with Gasteiger partial charge in [0.05, 0.1) is 14.4 Å². The molecule has 2 rings (SSSR count). The number of carbonyl (C=O) groups excluding carboxylic acids is 1. The lowest BCUT2D eigenvalue weighted by molar-refractivity contribution is -0.385. The van der Waals surface area contributed by atoms with E-state index in [4.69, 9.17) is 11.6 Å². The molecule has 0 fully saturated rings. The van der Waals surface area contributed by atoms with Gasteiger partial charge in [0, 0.05) is 21.8 Å². The predicted octanol–water partition coefficient (Wildman–Crippen LogP) is 5.03. The molecular formula is C13H7Br2ClN2O3. The molecule has 1 N–H and O–H groups in total. The summed E-state index contributed by atoms with van der Waals surface area (Å²) in [6, 6.07) is 9.09. The monoisotopic (exact) mass is 432 g/mol. The molecule has 21 heavy (non-hydrogen) atoms. The van der Waals surface area contributed by atoms with Gasteiger partial charge in [-0.25, -0.2) is 0 Å². The summed E-state index contributed by atoms with van der Waals surface area (Å²) in [5.41, 5.74) is 0.553. The zero-order chi connectivity index (χ0) is 15.6. The number of hydrogen-bond donors (Lipinski definition) is 1. The van der Waals surface area contributed by atoms with Crippen molar-refractivity contribution in [3.63, 3.8) is 0 Å². The summed E-state index contributed by atoms with van der Waals surface area (Å²) < 4.78 is 0.960. The van der Waals surface area contributed by atoms with Crippen LogP contribution in [0.1, 0.15) is 10.4 Å². The van der Waals surface area contributed by atoms with Crippen LogP contribution in [0.15, 0.2) is 45.3 Å². The standard InChI is InChI=1S/C13H7Br2ClN2O3/c14-9-3-1-7(5-12(9)18(20)21)13(19)17-8-2-4-11(16)10(15)6-8/h1-6H,(H,17,19). The molecule has 0 aliphatic heterocycles. The van der Waals surface area contributed by atoms with Gasteiger partial charge in [-0.1, -0.05) is 11.6 Å². The Morgan fingerprint density at radius 2 is 1.86 bits per heavy atom. The molecule has 2 aromatic carbocycles. The third kappa shape index (κ3) is 3.81. The highest BCUT2D eigenvalue weighted by Crippen LogP contribution is 2.28. The molecule has 8 heteroatoms. The van der Waals surface area contributed by atoms with E-state index in [9.17, 15) is 14.9 Å². The molecule has 2 aromatic rings. The maximum Gasteiger partial charge on any atom is 0.284 e. The molecule has 5 nitrogen and oxygen atoms in total. The molecule has 0 saturated heterocycles. The van der Waals surface area contributed by atoms with Crippen molar-refractivity contribution in [2.24, 2.45) is 0 Å². The zero-order valence-corrected chi connectivity index (χ0v) is 14.2.